The maximum Gasteiger partial charge on any atom is 0.310 e. The van der Waals surface area contributed by atoms with Crippen molar-refractivity contribution in [1.29, 1.82) is 0 Å². The molecule has 9 nitrogen and oxygen atoms in total. The number of nitrogens with zero attached hydrogens (tertiary/aromatic N) is 3. The highest BCUT2D eigenvalue weighted by molar-refractivity contribution is 8.02. The summed E-state index contributed by atoms with van der Waals surface area (Å²) in [5.74, 6) is -1.81. The minimum Gasteiger partial charge on any atom is -0.465 e. The topological polar surface area (TPSA) is 99.6 Å². The highest BCUT2D eigenvalue weighted by Gasteiger charge is 2.76. The molecule has 0 saturated carbocycles. The van der Waals surface area contributed by atoms with Crippen LogP contribution in [0.3, 0.4) is 0 Å². The number of likely N-dealkylation sites (tertiary alicyclic amines) is 1. The molecule has 6 atom stereocenters. The second-order valence-corrected chi connectivity index (χ2v) is 12.0. The van der Waals surface area contributed by atoms with Crippen LogP contribution >= 0.6 is 11.8 Å². The Balaban J connectivity index is 1.59. The zero-order chi connectivity index (χ0) is 26.6. The SMILES string of the molecule is C=CCCCOC(=O)[C@@H]1[C@@H]2CC(C)C3(S2)C(C(=O)N(CC=C)CCN2CCOCC2)N(CCO)C(=O)[C@H]13. The van der Waals surface area contributed by atoms with Gasteiger partial charge in [0.2, 0.25) is 11.8 Å². The zero-order valence-electron chi connectivity index (χ0n) is 21.9. The number of aliphatic hydroxyl groups excluding tert-OH is 1. The molecule has 4 heterocycles. The first-order valence-corrected chi connectivity index (χ1v) is 14.3. The molecule has 10 heteroatoms. The average Bonchev–Trinajstić information content (AvgIpc) is 3.48. The van der Waals surface area contributed by atoms with Crippen LogP contribution in [0.2, 0.25) is 0 Å². The van der Waals surface area contributed by atoms with E-state index in [4.69, 9.17) is 9.47 Å². The van der Waals surface area contributed by atoms with E-state index in [-0.39, 0.29) is 42.1 Å². The molecule has 0 aliphatic carbocycles. The minimum absolute atomic E-state index is 0.0522. The van der Waals surface area contributed by atoms with E-state index in [9.17, 15) is 19.5 Å². The van der Waals surface area contributed by atoms with Crippen molar-refractivity contribution < 1.29 is 29.0 Å². The number of morpholine rings is 1. The number of ether oxygens (including phenoxy) is 2. The first-order chi connectivity index (χ1) is 17.9. The molecule has 0 radical (unpaired) electrons. The van der Waals surface area contributed by atoms with Gasteiger partial charge in [-0.25, -0.2) is 0 Å². The maximum absolute atomic E-state index is 14.3. The van der Waals surface area contributed by atoms with Crippen molar-refractivity contribution in [2.45, 2.75) is 42.2 Å². The third-order valence-corrected chi connectivity index (χ3v) is 10.4. The summed E-state index contributed by atoms with van der Waals surface area (Å²) < 4.78 is 10.3. The lowest BCUT2D eigenvalue weighted by atomic mass is 9.66. The molecule has 37 heavy (non-hydrogen) atoms. The second kappa shape index (κ2) is 12.3. The number of thioether (sulfide) groups is 1. The summed E-state index contributed by atoms with van der Waals surface area (Å²) >= 11 is 1.63. The molecular weight excluding hydrogens is 494 g/mol. The smallest absolute Gasteiger partial charge is 0.310 e. The van der Waals surface area contributed by atoms with Gasteiger partial charge in [-0.3, -0.25) is 19.3 Å². The first kappa shape index (κ1) is 28.1. The number of amides is 2. The van der Waals surface area contributed by atoms with Gasteiger partial charge in [0.05, 0.1) is 43.0 Å². The lowest BCUT2D eigenvalue weighted by Crippen LogP contribution is -2.58. The largest absolute Gasteiger partial charge is 0.465 e. The van der Waals surface area contributed by atoms with Crippen LogP contribution in [0.4, 0.5) is 0 Å². The van der Waals surface area contributed by atoms with Gasteiger partial charge in [0.1, 0.15) is 6.04 Å². The molecule has 206 valence electrons. The van der Waals surface area contributed by atoms with Crippen LogP contribution in [-0.2, 0) is 23.9 Å². The Morgan fingerprint density at radius 3 is 2.70 bits per heavy atom. The van der Waals surface area contributed by atoms with E-state index in [2.05, 4.69) is 25.0 Å². The normalized spacial score (nSPS) is 32.9. The molecule has 1 N–H and O–H groups in total. The molecule has 2 amide bonds. The molecule has 0 aromatic carbocycles. The van der Waals surface area contributed by atoms with Gasteiger partial charge in [-0.1, -0.05) is 19.1 Å². The first-order valence-electron chi connectivity index (χ1n) is 13.5. The van der Waals surface area contributed by atoms with Crippen LogP contribution in [0.1, 0.15) is 26.2 Å². The fraction of sp³-hybridized carbons (Fsp3) is 0.741. The second-order valence-electron chi connectivity index (χ2n) is 10.4. The van der Waals surface area contributed by atoms with Crippen molar-refractivity contribution in [2.75, 3.05) is 65.7 Å². The molecular formula is C27H41N3O6S. The number of carbonyl (C=O) groups is 3. The zero-order valence-corrected chi connectivity index (χ0v) is 22.7. The number of fused-ring (bicyclic) bond motifs is 1. The van der Waals surface area contributed by atoms with E-state index < -0.39 is 22.6 Å². The molecule has 0 aromatic heterocycles. The summed E-state index contributed by atoms with van der Waals surface area (Å²) in [6, 6.07) is -0.731. The molecule has 1 spiro atoms. The van der Waals surface area contributed by atoms with E-state index in [0.717, 1.165) is 25.9 Å². The number of rotatable bonds is 13. The molecule has 2 bridgehead atoms. The molecule has 4 rings (SSSR count). The summed E-state index contributed by atoms with van der Waals surface area (Å²) in [6.45, 7) is 14.4. The molecule has 4 saturated heterocycles. The predicted molar refractivity (Wildman–Crippen MR) is 142 cm³/mol. The number of allylic oxidation sites excluding steroid dienone is 1. The number of carbonyl (C=O) groups excluding carboxylic acids is 3. The van der Waals surface area contributed by atoms with Gasteiger partial charge in [-0.05, 0) is 25.2 Å². The molecule has 0 aromatic rings. The molecule has 4 aliphatic heterocycles. The minimum atomic E-state index is -0.731. The summed E-state index contributed by atoms with van der Waals surface area (Å²) in [5, 5.41) is 9.79. The monoisotopic (exact) mass is 535 g/mol. The standard InChI is InChI=1S/C27H41N3O6S/c1-4-6-7-15-36-26(34)21-20-18-19(3)27(37-20)22(21)24(32)30(11-14-31)23(27)25(33)29(8-5-2)10-9-28-12-16-35-17-13-28/h4-5,19-23,31H,1-2,6-18H2,3H3/t19?,20-,21+,22-,23?,27?/m0/s1. The van der Waals surface area contributed by atoms with E-state index >= 15 is 0 Å². The van der Waals surface area contributed by atoms with Crippen molar-refractivity contribution in [1.82, 2.24) is 14.7 Å². The van der Waals surface area contributed by atoms with Crippen molar-refractivity contribution in [3.05, 3.63) is 25.3 Å². The van der Waals surface area contributed by atoms with Gasteiger partial charge < -0.3 is 24.4 Å². The predicted octanol–water partition coefficient (Wildman–Crippen LogP) is 1.17. The van der Waals surface area contributed by atoms with E-state index in [1.807, 2.05) is 0 Å². The highest BCUT2D eigenvalue weighted by Crippen LogP contribution is 2.68. The average molecular weight is 536 g/mol. The number of unbranched alkanes of at least 4 members (excludes halogenated alkanes) is 1. The Hall–Kier alpha value is -1.88. The lowest BCUT2D eigenvalue weighted by Gasteiger charge is -2.40. The van der Waals surface area contributed by atoms with E-state index in [1.165, 1.54) is 0 Å². The summed E-state index contributed by atoms with van der Waals surface area (Å²) in [7, 11) is 0. The van der Waals surface area contributed by atoms with Crippen LogP contribution in [0.5, 0.6) is 0 Å². The van der Waals surface area contributed by atoms with Gasteiger partial charge in [0.25, 0.3) is 0 Å². The highest BCUT2D eigenvalue weighted by atomic mass is 32.2. The van der Waals surface area contributed by atoms with Crippen molar-refractivity contribution in [3.63, 3.8) is 0 Å². The van der Waals surface area contributed by atoms with Crippen molar-refractivity contribution in [3.8, 4) is 0 Å². The number of hydrogen-bond donors (Lipinski definition) is 1. The van der Waals surface area contributed by atoms with Gasteiger partial charge in [0.15, 0.2) is 0 Å². The molecule has 4 aliphatic rings. The van der Waals surface area contributed by atoms with Crippen molar-refractivity contribution in [2.24, 2.45) is 17.8 Å². The number of hydrogen-bond acceptors (Lipinski definition) is 8. The van der Waals surface area contributed by atoms with E-state index in [0.29, 0.717) is 45.9 Å². The fourth-order valence-corrected chi connectivity index (χ4v) is 9.02. The van der Waals surface area contributed by atoms with Gasteiger partial charge in [0, 0.05) is 44.5 Å². The third-order valence-electron chi connectivity index (χ3n) is 8.34. The van der Waals surface area contributed by atoms with Gasteiger partial charge in [-0.2, -0.15) is 0 Å². The van der Waals surface area contributed by atoms with E-state index in [1.54, 1.807) is 33.7 Å². The molecule has 3 unspecified atom stereocenters. The third kappa shape index (κ3) is 5.22. The Kier molecular flexibility index (Phi) is 9.37. The van der Waals surface area contributed by atoms with Crippen LogP contribution in [-0.4, -0.2) is 119 Å². The maximum atomic E-state index is 14.3. The Bertz CT molecular complexity index is 880. The summed E-state index contributed by atoms with van der Waals surface area (Å²) in [4.78, 5) is 47.0. The van der Waals surface area contributed by atoms with Crippen LogP contribution in [0.25, 0.3) is 0 Å². The summed E-state index contributed by atoms with van der Waals surface area (Å²) in [6.07, 6.45) is 5.70. The van der Waals surface area contributed by atoms with Gasteiger partial charge >= 0.3 is 5.97 Å². The lowest BCUT2D eigenvalue weighted by molar-refractivity contribution is -0.154. The Labute approximate surface area is 224 Å². The van der Waals surface area contributed by atoms with Crippen LogP contribution < -0.4 is 0 Å². The quantitative estimate of drug-likeness (QED) is 0.213. The Morgan fingerprint density at radius 1 is 1.27 bits per heavy atom. The number of esters is 1. The fourth-order valence-electron chi connectivity index (χ4n) is 6.62. The van der Waals surface area contributed by atoms with Crippen LogP contribution in [0.15, 0.2) is 25.3 Å². The van der Waals surface area contributed by atoms with Crippen molar-refractivity contribution >= 4 is 29.5 Å². The van der Waals surface area contributed by atoms with Gasteiger partial charge in [-0.15, -0.1) is 24.9 Å². The molecule has 4 fully saturated rings. The van der Waals surface area contributed by atoms with Crippen LogP contribution in [0, 0.1) is 17.8 Å². The number of aliphatic hydroxyl groups is 1. The number of β-amino-alcohol motifs (C(OH)–C–C–N with tert-alkyl or cyclic N) is 1. The Morgan fingerprint density at radius 2 is 2.03 bits per heavy atom. The summed E-state index contributed by atoms with van der Waals surface area (Å²) in [5.41, 5.74) is 0.